The first-order valence-electron chi connectivity index (χ1n) is 13.1. The molecule has 0 amide bonds. The first-order valence-corrected chi connectivity index (χ1v) is 13.1. The van der Waals surface area contributed by atoms with Gasteiger partial charge in [-0.1, -0.05) is 18.1 Å². The normalized spacial score (nSPS) is 20.5. The molecule has 198 valence electrons. The minimum Gasteiger partial charge on any atom is -0.507 e. The zero-order valence-corrected chi connectivity index (χ0v) is 21.9. The van der Waals surface area contributed by atoms with Gasteiger partial charge in [0.05, 0.1) is 31.1 Å². The van der Waals surface area contributed by atoms with Crippen molar-refractivity contribution in [2.24, 2.45) is 0 Å². The van der Waals surface area contributed by atoms with E-state index in [-0.39, 0.29) is 5.75 Å². The number of phenols is 1. The summed E-state index contributed by atoms with van der Waals surface area (Å²) in [5.74, 6) is 8.35. The second-order valence-electron chi connectivity index (χ2n) is 9.79. The van der Waals surface area contributed by atoms with Crippen LogP contribution in [0.5, 0.6) is 5.75 Å². The molecule has 2 fully saturated rings. The predicted molar refractivity (Wildman–Crippen MR) is 148 cm³/mol. The summed E-state index contributed by atoms with van der Waals surface area (Å²) < 4.78 is 5.61. The van der Waals surface area contributed by atoms with Gasteiger partial charge in [0.1, 0.15) is 11.6 Å². The summed E-state index contributed by atoms with van der Waals surface area (Å²) in [6, 6.07) is 11.6. The highest BCUT2D eigenvalue weighted by atomic mass is 16.5. The molecule has 2 aliphatic rings. The summed E-state index contributed by atoms with van der Waals surface area (Å²) in [6.45, 7) is 9.66. The summed E-state index contributed by atoms with van der Waals surface area (Å²) >= 11 is 0. The monoisotopic (exact) mass is 514 g/mol. The fourth-order valence-electron chi connectivity index (χ4n) is 5.00. The molecular weight excluding hydrogens is 480 g/mol. The van der Waals surface area contributed by atoms with Gasteiger partial charge in [0, 0.05) is 50.0 Å². The second kappa shape index (κ2) is 11.6. The Bertz CT molecular complexity index is 1310. The zero-order valence-electron chi connectivity index (χ0n) is 21.9. The third-order valence-electron chi connectivity index (χ3n) is 7.10. The smallest absolute Gasteiger partial charge is 0.206 e. The lowest BCUT2D eigenvalue weighted by molar-refractivity contribution is -0.0296. The van der Waals surface area contributed by atoms with Gasteiger partial charge in [-0.15, -0.1) is 10.2 Å². The van der Waals surface area contributed by atoms with Crippen molar-refractivity contribution < 1.29 is 9.84 Å². The molecule has 2 unspecified atom stereocenters. The van der Waals surface area contributed by atoms with E-state index in [0.29, 0.717) is 41.5 Å². The minimum atomic E-state index is 0.163. The molecular formula is C28H34N8O2. The number of para-hydroxylation sites is 1. The Kier molecular flexibility index (Phi) is 7.86. The van der Waals surface area contributed by atoms with Crippen LogP contribution < -0.4 is 15.5 Å². The van der Waals surface area contributed by atoms with Crippen molar-refractivity contribution in [3.8, 4) is 28.8 Å². The molecule has 0 radical (unpaired) electrons. The first kappa shape index (κ1) is 25.7. The van der Waals surface area contributed by atoms with Crippen LogP contribution in [0.4, 0.5) is 17.3 Å². The van der Waals surface area contributed by atoms with Gasteiger partial charge < -0.3 is 25.4 Å². The van der Waals surface area contributed by atoms with E-state index in [2.05, 4.69) is 55.6 Å². The molecule has 0 aliphatic carbocycles. The Morgan fingerprint density at radius 3 is 2.61 bits per heavy atom. The highest BCUT2D eigenvalue weighted by Gasteiger charge is 2.24. The third kappa shape index (κ3) is 5.79. The standard InChI is InChI=1S/C28H34N8O2/c1-20-18-38-19-21(2)36(20)14-5-9-26-30-11-10-27(31-26)35-13-6-12-34(15-16-35)24-17-23(32-33-28(24)29)22-7-3-4-8-25(22)37/h3-4,7-8,10-11,17,20-21,37H,6,12-16,18-19H2,1-2H3,(H2,29,33). The first-order chi connectivity index (χ1) is 18.5. The second-order valence-corrected chi connectivity index (χ2v) is 9.79. The average molecular weight is 515 g/mol. The number of nitrogens with zero attached hydrogens (tertiary/aromatic N) is 7. The Morgan fingerprint density at radius 2 is 1.79 bits per heavy atom. The van der Waals surface area contributed by atoms with E-state index >= 15 is 0 Å². The Labute approximate surface area is 223 Å². The van der Waals surface area contributed by atoms with Crippen LogP contribution in [0.25, 0.3) is 11.3 Å². The number of morpholine rings is 1. The van der Waals surface area contributed by atoms with Gasteiger partial charge in [-0.05, 0) is 50.5 Å². The minimum absolute atomic E-state index is 0.163. The van der Waals surface area contributed by atoms with Crippen LogP contribution in [0, 0.1) is 11.8 Å². The molecule has 2 aromatic heterocycles. The molecule has 5 rings (SSSR count). The number of nitrogens with two attached hydrogens (primary N) is 1. The van der Waals surface area contributed by atoms with Crippen LogP contribution in [0.15, 0.2) is 42.6 Å². The van der Waals surface area contributed by atoms with Crippen molar-refractivity contribution in [3.05, 3.63) is 48.4 Å². The van der Waals surface area contributed by atoms with Crippen molar-refractivity contribution in [2.45, 2.75) is 32.4 Å². The maximum Gasteiger partial charge on any atom is 0.206 e. The average Bonchev–Trinajstić information content (AvgIpc) is 3.18. The molecule has 3 aromatic rings. The Balaban J connectivity index is 1.27. The lowest BCUT2D eigenvalue weighted by Crippen LogP contribution is -2.49. The van der Waals surface area contributed by atoms with Gasteiger partial charge >= 0.3 is 0 Å². The van der Waals surface area contributed by atoms with Crippen LogP contribution >= 0.6 is 0 Å². The number of nitrogen functional groups attached to an aromatic ring is 1. The third-order valence-corrected chi connectivity index (χ3v) is 7.10. The molecule has 0 bridgehead atoms. The largest absolute Gasteiger partial charge is 0.507 e. The van der Waals surface area contributed by atoms with E-state index in [4.69, 9.17) is 15.5 Å². The van der Waals surface area contributed by atoms with E-state index in [1.54, 1.807) is 18.3 Å². The number of benzene rings is 1. The molecule has 10 nitrogen and oxygen atoms in total. The number of aromatic hydroxyl groups is 1. The molecule has 10 heteroatoms. The maximum absolute atomic E-state index is 10.3. The fourth-order valence-corrected chi connectivity index (χ4v) is 5.00. The van der Waals surface area contributed by atoms with Crippen LogP contribution in [0.1, 0.15) is 26.1 Å². The molecule has 38 heavy (non-hydrogen) atoms. The van der Waals surface area contributed by atoms with Gasteiger partial charge in [-0.3, -0.25) is 4.90 Å². The Hall–Kier alpha value is -3.94. The molecule has 2 atom stereocenters. The van der Waals surface area contributed by atoms with Gasteiger partial charge in [-0.2, -0.15) is 0 Å². The number of phenolic OH excluding ortho intramolecular Hbond substituents is 1. The highest BCUT2D eigenvalue weighted by molar-refractivity contribution is 5.74. The van der Waals surface area contributed by atoms with Crippen molar-refractivity contribution in [1.82, 2.24) is 25.1 Å². The topological polar surface area (TPSA) is 117 Å². The molecule has 4 heterocycles. The fraction of sp³-hybridized carbons (Fsp3) is 0.429. The van der Waals surface area contributed by atoms with E-state index in [0.717, 1.165) is 57.3 Å². The van der Waals surface area contributed by atoms with E-state index in [1.165, 1.54) is 0 Å². The molecule has 2 aliphatic heterocycles. The van der Waals surface area contributed by atoms with Gasteiger partial charge in [0.25, 0.3) is 0 Å². The summed E-state index contributed by atoms with van der Waals surface area (Å²) in [7, 11) is 0. The molecule has 0 saturated carbocycles. The zero-order chi connectivity index (χ0) is 26.5. The number of anilines is 3. The van der Waals surface area contributed by atoms with Gasteiger partial charge in [0.15, 0.2) is 5.82 Å². The van der Waals surface area contributed by atoms with Crippen molar-refractivity contribution in [1.29, 1.82) is 0 Å². The summed E-state index contributed by atoms with van der Waals surface area (Å²) in [5.41, 5.74) is 8.27. The van der Waals surface area contributed by atoms with Crippen LogP contribution in [0.3, 0.4) is 0 Å². The molecule has 2 saturated heterocycles. The number of aromatic nitrogens is 4. The highest BCUT2D eigenvalue weighted by Crippen LogP contribution is 2.31. The van der Waals surface area contributed by atoms with E-state index in [9.17, 15) is 5.11 Å². The van der Waals surface area contributed by atoms with Crippen molar-refractivity contribution in [3.63, 3.8) is 0 Å². The van der Waals surface area contributed by atoms with Crippen molar-refractivity contribution >= 4 is 17.3 Å². The summed E-state index contributed by atoms with van der Waals surface area (Å²) in [5, 5.41) is 18.6. The number of hydrogen-bond donors (Lipinski definition) is 2. The van der Waals surface area contributed by atoms with Crippen molar-refractivity contribution in [2.75, 3.05) is 61.5 Å². The molecule has 0 spiro atoms. The predicted octanol–water partition coefficient (Wildman–Crippen LogP) is 2.40. The van der Waals surface area contributed by atoms with Gasteiger partial charge in [0.2, 0.25) is 5.82 Å². The quantitative estimate of drug-likeness (QED) is 0.503. The van der Waals surface area contributed by atoms with Crippen LogP contribution in [-0.4, -0.2) is 88.2 Å². The SMILES string of the molecule is CC1COCC(C)N1CC#Cc1nccc(N2CCCN(c3cc(-c4ccccc4O)nnc3N)CC2)n1. The van der Waals surface area contributed by atoms with Crippen LogP contribution in [0.2, 0.25) is 0 Å². The van der Waals surface area contributed by atoms with E-state index < -0.39 is 0 Å². The molecule has 3 N–H and O–H groups in total. The lowest BCUT2D eigenvalue weighted by Gasteiger charge is -2.37. The lowest BCUT2D eigenvalue weighted by atomic mass is 10.1. The number of hydrogen-bond acceptors (Lipinski definition) is 10. The maximum atomic E-state index is 10.3. The van der Waals surface area contributed by atoms with Crippen LogP contribution in [-0.2, 0) is 4.74 Å². The number of ether oxygens (including phenoxy) is 1. The summed E-state index contributed by atoms with van der Waals surface area (Å²) in [4.78, 5) is 16.0. The van der Waals surface area contributed by atoms with Gasteiger partial charge in [-0.25, -0.2) is 9.97 Å². The Morgan fingerprint density at radius 1 is 1.03 bits per heavy atom. The summed E-state index contributed by atoms with van der Waals surface area (Å²) in [6.07, 6.45) is 2.70. The van der Waals surface area contributed by atoms with E-state index in [1.807, 2.05) is 24.3 Å². The number of rotatable bonds is 4. The molecule has 1 aromatic carbocycles.